The van der Waals surface area contributed by atoms with Gasteiger partial charge in [-0.15, -0.1) is 0 Å². The van der Waals surface area contributed by atoms with Gasteiger partial charge in [0, 0.05) is 18.8 Å². The van der Waals surface area contributed by atoms with Crippen molar-refractivity contribution in [2.45, 2.75) is 82.9 Å². The minimum absolute atomic E-state index is 0.0163. The van der Waals surface area contributed by atoms with E-state index in [9.17, 15) is 9.59 Å². The number of carbonyl (C=O) groups excluding carboxylic acids is 2. The summed E-state index contributed by atoms with van der Waals surface area (Å²) in [4.78, 5) is 39.0. The number of aromatic nitrogens is 3. The lowest BCUT2D eigenvalue weighted by Gasteiger charge is -2.64. The molecular formula is C31H38BN5O5. The minimum atomic E-state index is -0.914. The van der Waals surface area contributed by atoms with Gasteiger partial charge in [0.25, 0.3) is 5.91 Å². The molecule has 10 nitrogen and oxygen atoms in total. The molecule has 3 N–H and O–H groups in total. The Morgan fingerprint density at radius 3 is 2.60 bits per heavy atom. The number of amides is 2. The number of oxazole rings is 1. The monoisotopic (exact) mass is 571 g/mol. The summed E-state index contributed by atoms with van der Waals surface area (Å²) in [5, 5.41) is 3.22. The molecule has 3 heterocycles. The molecule has 4 fully saturated rings. The summed E-state index contributed by atoms with van der Waals surface area (Å²) in [6, 6.07) is 10.3. The second-order valence-electron chi connectivity index (χ2n) is 12.7. The van der Waals surface area contributed by atoms with Crippen LogP contribution in [0.4, 0.5) is 0 Å². The van der Waals surface area contributed by atoms with Crippen molar-refractivity contribution in [2.75, 3.05) is 0 Å². The number of primary amides is 1. The van der Waals surface area contributed by atoms with Gasteiger partial charge in [0.05, 0.1) is 35.5 Å². The van der Waals surface area contributed by atoms with Gasteiger partial charge < -0.3 is 24.8 Å². The highest BCUT2D eigenvalue weighted by Crippen LogP contribution is 2.65. The third-order valence-electron chi connectivity index (χ3n) is 9.92. The molecule has 11 heteroatoms. The molecule has 3 aliphatic carbocycles. The van der Waals surface area contributed by atoms with Crippen LogP contribution in [-0.4, -0.2) is 51.5 Å². The average Bonchev–Trinajstić information content (AvgIpc) is 3.62. The molecule has 6 atom stereocenters. The van der Waals surface area contributed by atoms with E-state index in [1.54, 1.807) is 0 Å². The minimum Gasteiger partial charge on any atom is -0.449 e. The van der Waals surface area contributed by atoms with E-state index in [0.29, 0.717) is 24.1 Å². The van der Waals surface area contributed by atoms with Crippen molar-refractivity contribution in [3.05, 3.63) is 78.0 Å². The van der Waals surface area contributed by atoms with Crippen molar-refractivity contribution in [3.8, 4) is 0 Å². The Labute approximate surface area is 246 Å². The number of carbonyl (C=O) groups is 2. The van der Waals surface area contributed by atoms with Crippen molar-refractivity contribution in [3.63, 3.8) is 0 Å². The van der Waals surface area contributed by atoms with Crippen LogP contribution >= 0.6 is 0 Å². The van der Waals surface area contributed by atoms with Crippen LogP contribution in [0.2, 0.25) is 0 Å². The molecule has 1 saturated heterocycles. The van der Waals surface area contributed by atoms with Crippen LogP contribution in [0.15, 0.2) is 59.6 Å². The second kappa shape index (κ2) is 11.3. The first-order valence-corrected chi connectivity index (χ1v) is 14.8. The molecule has 3 aromatic rings. The Bertz CT molecular complexity index is 1420. The lowest BCUT2D eigenvalue weighted by Crippen LogP contribution is -2.65. The maximum Gasteiger partial charge on any atom is 0.481 e. The van der Waals surface area contributed by atoms with Crippen molar-refractivity contribution >= 4 is 18.9 Å². The molecule has 2 aromatic heterocycles. The van der Waals surface area contributed by atoms with Crippen molar-refractivity contribution in [2.24, 2.45) is 23.0 Å². The third-order valence-corrected chi connectivity index (χ3v) is 9.92. The summed E-state index contributed by atoms with van der Waals surface area (Å²) in [5.41, 5.74) is 6.76. The fourth-order valence-electron chi connectivity index (χ4n) is 7.44. The number of rotatable bonds is 11. The predicted octanol–water partition coefficient (Wildman–Crippen LogP) is 3.67. The molecule has 1 aromatic carbocycles. The Hall–Kier alpha value is -3.57. The van der Waals surface area contributed by atoms with Gasteiger partial charge in [-0.1, -0.05) is 44.2 Å². The van der Waals surface area contributed by atoms with Crippen LogP contribution in [0.25, 0.3) is 0 Å². The summed E-state index contributed by atoms with van der Waals surface area (Å²) in [6.07, 6.45) is 10.3. The summed E-state index contributed by atoms with van der Waals surface area (Å²) >= 11 is 0. The van der Waals surface area contributed by atoms with Crippen molar-refractivity contribution in [1.29, 1.82) is 0 Å². The maximum absolute atomic E-state index is 14.1. The van der Waals surface area contributed by atoms with E-state index in [2.05, 4.69) is 53.2 Å². The molecule has 220 valence electrons. The van der Waals surface area contributed by atoms with Gasteiger partial charge in [-0.3, -0.25) is 14.6 Å². The Kier molecular flexibility index (Phi) is 7.65. The standard InChI is InChI=1S/C31H38BN5O5/c1-30(2)20-16-22(30)31(3)23(17-20)41-32(42-31)24(11-7-10-19-8-5-4-6-9-19)37-29(39)21(18-25-34-14-15-40-25)26-27(28(33)38)36-13-12-35-26/h4-6,8-9,12-15,20-24H,7,10-11,16-18H2,1-3H3,(H2,33,38)(H,37,39)/t20-,21+,22-,23+,24-,31-/m0/s1. The SMILES string of the molecule is CC1(C)[C@@H]2C[C@H]3OB([C@H](CCCc4ccccc4)NC(=O)[C@H](Cc4ncco4)c4nccnc4C(N)=O)O[C@@]3(C)[C@H]1C2. The largest absolute Gasteiger partial charge is 0.481 e. The predicted molar refractivity (Wildman–Crippen MR) is 155 cm³/mol. The Morgan fingerprint density at radius 1 is 1.10 bits per heavy atom. The first-order valence-electron chi connectivity index (χ1n) is 14.8. The maximum atomic E-state index is 14.1. The first-order chi connectivity index (χ1) is 20.2. The van der Waals surface area contributed by atoms with E-state index in [0.717, 1.165) is 25.7 Å². The van der Waals surface area contributed by atoms with Crippen LogP contribution in [0.5, 0.6) is 0 Å². The van der Waals surface area contributed by atoms with E-state index < -0.39 is 30.5 Å². The van der Waals surface area contributed by atoms with E-state index in [1.807, 2.05) is 18.2 Å². The van der Waals surface area contributed by atoms with E-state index >= 15 is 0 Å². The highest BCUT2D eigenvalue weighted by Gasteiger charge is 2.68. The third kappa shape index (κ3) is 5.24. The van der Waals surface area contributed by atoms with Crippen LogP contribution < -0.4 is 11.1 Å². The van der Waals surface area contributed by atoms with Gasteiger partial charge in [0.2, 0.25) is 5.91 Å². The number of hydrogen-bond acceptors (Lipinski definition) is 8. The summed E-state index contributed by atoms with van der Waals surface area (Å²) in [6.45, 7) is 6.83. The molecule has 0 radical (unpaired) electrons. The highest BCUT2D eigenvalue weighted by atomic mass is 16.7. The zero-order valence-corrected chi connectivity index (χ0v) is 24.4. The number of nitrogens with zero attached hydrogens (tertiary/aromatic N) is 3. The van der Waals surface area contributed by atoms with Crippen molar-refractivity contribution < 1.29 is 23.3 Å². The molecule has 4 aliphatic rings. The first kappa shape index (κ1) is 28.5. The van der Waals surface area contributed by atoms with Gasteiger partial charge >= 0.3 is 7.12 Å². The van der Waals surface area contributed by atoms with E-state index in [-0.39, 0.29) is 35.2 Å². The van der Waals surface area contributed by atoms with E-state index in [1.165, 1.54) is 30.4 Å². The zero-order valence-electron chi connectivity index (χ0n) is 24.4. The molecule has 0 unspecified atom stereocenters. The molecule has 1 aliphatic heterocycles. The van der Waals surface area contributed by atoms with E-state index in [4.69, 9.17) is 19.5 Å². The van der Waals surface area contributed by atoms with Crippen LogP contribution in [0.3, 0.4) is 0 Å². The van der Waals surface area contributed by atoms with Crippen LogP contribution in [0.1, 0.15) is 80.0 Å². The molecule has 3 saturated carbocycles. The molecule has 2 bridgehead atoms. The number of nitrogens with one attached hydrogen (secondary N) is 1. The van der Waals surface area contributed by atoms with Gasteiger partial charge in [0.1, 0.15) is 12.0 Å². The Balaban J connectivity index is 1.26. The van der Waals surface area contributed by atoms with Gasteiger partial charge in [0.15, 0.2) is 5.89 Å². The quantitative estimate of drug-likeness (QED) is 0.332. The highest BCUT2D eigenvalue weighted by molar-refractivity contribution is 6.47. The summed E-state index contributed by atoms with van der Waals surface area (Å²) in [5.74, 6) is -1.10. The summed E-state index contributed by atoms with van der Waals surface area (Å²) < 4.78 is 18.9. The van der Waals surface area contributed by atoms with Gasteiger partial charge in [-0.05, 0) is 61.8 Å². The number of benzene rings is 1. The lowest BCUT2D eigenvalue weighted by atomic mass is 9.43. The smallest absolute Gasteiger partial charge is 0.449 e. The average molecular weight is 571 g/mol. The van der Waals surface area contributed by atoms with Gasteiger partial charge in [-0.2, -0.15) is 0 Å². The molecule has 7 rings (SSSR count). The topological polar surface area (TPSA) is 142 Å². The second-order valence-corrected chi connectivity index (χ2v) is 12.7. The molecule has 0 spiro atoms. The lowest BCUT2D eigenvalue weighted by molar-refractivity contribution is -0.199. The van der Waals surface area contributed by atoms with Crippen molar-refractivity contribution in [1.82, 2.24) is 20.3 Å². The number of aryl methyl sites for hydroxylation is 1. The Morgan fingerprint density at radius 2 is 1.88 bits per heavy atom. The van der Waals surface area contributed by atoms with Crippen LogP contribution in [0, 0.1) is 17.3 Å². The zero-order chi connectivity index (χ0) is 29.5. The normalized spacial score (nSPS) is 27.0. The fraction of sp³-hybridized carbons (Fsp3) is 0.516. The molecule has 42 heavy (non-hydrogen) atoms. The number of nitrogens with two attached hydrogens (primary N) is 1. The molecular weight excluding hydrogens is 533 g/mol. The van der Waals surface area contributed by atoms with Crippen LogP contribution in [-0.2, 0) is 26.9 Å². The fourth-order valence-corrected chi connectivity index (χ4v) is 7.44. The van der Waals surface area contributed by atoms with Gasteiger partial charge in [-0.25, -0.2) is 9.97 Å². The molecule has 2 amide bonds. The summed E-state index contributed by atoms with van der Waals surface area (Å²) in [7, 11) is -0.602. The number of hydrogen-bond donors (Lipinski definition) is 2.